The molecule has 1 saturated carbocycles. The molecule has 21 heavy (non-hydrogen) atoms. The SMILES string of the molecule is Cc1cc(Cl)c(OCC2CC2)c(-c2cc(C(=O)O)no2)c1. The van der Waals surface area contributed by atoms with Crippen LogP contribution in [0.25, 0.3) is 11.3 Å². The van der Waals surface area contributed by atoms with Gasteiger partial charge in [0.2, 0.25) is 0 Å². The number of aryl methyl sites for hydroxylation is 1. The van der Waals surface area contributed by atoms with Crippen molar-refractivity contribution in [2.45, 2.75) is 19.8 Å². The minimum absolute atomic E-state index is 0.143. The van der Waals surface area contributed by atoms with Crippen LogP contribution in [-0.2, 0) is 0 Å². The minimum atomic E-state index is -1.14. The van der Waals surface area contributed by atoms with Gasteiger partial charge in [0, 0.05) is 6.07 Å². The van der Waals surface area contributed by atoms with Crippen molar-refractivity contribution in [3.05, 3.63) is 34.5 Å². The predicted molar refractivity (Wildman–Crippen MR) is 76.9 cm³/mol. The van der Waals surface area contributed by atoms with Crippen molar-refractivity contribution < 1.29 is 19.2 Å². The third-order valence-electron chi connectivity index (χ3n) is 3.34. The number of carboxylic acids is 1. The molecule has 3 rings (SSSR count). The molecule has 0 spiro atoms. The van der Waals surface area contributed by atoms with E-state index in [1.54, 1.807) is 0 Å². The summed E-state index contributed by atoms with van der Waals surface area (Å²) in [5.74, 6) is 0.301. The maximum atomic E-state index is 10.9. The van der Waals surface area contributed by atoms with Crippen LogP contribution in [0.3, 0.4) is 0 Å². The van der Waals surface area contributed by atoms with Crippen molar-refractivity contribution in [2.24, 2.45) is 5.92 Å². The number of halogens is 1. The van der Waals surface area contributed by atoms with Crippen molar-refractivity contribution in [1.82, 2.24) is 5.16 Å². The highest BCUT2D eigenvalue weighted by atomic mass is 35.5. The molecule has 0 unspecified atom stereocenters. The van der Waals surface area contributed by atoms with Crippen LogP contribution in [0, 0.1) is 12.8 Å². The van der Waals surface area contributed by atoms with Crippen LogP contribution in [0.15, 0.2) is 22.7 Å². The van der Waals surface area contributed by atoms with Crippen molar-refractivity contribution in [1.29, 1.82) is 0 Å². The van der Waals surface area contributed by atoms with Crippen LogP contribution in [0.4, 0.5) is 0 Å². The van der Waals surface area contributed by atoms with Crippen LogP contribution in [0.2, 0.25) is 5.02 Å². The summed E-state index contributed by atoms with van der Waals surface area (Å²) in [5.41, 5.74) is 1.42. The van der Waals surface area contributed by atoms with Crippen molar-refractivity contribution in [3.8, 4) is 17.1 Å². The third kappa shape index (κ3) is 3.03. The lowest BCUT2D eigenvalue weighted by Gasteiger charge is -2.12. The van der Waals surface area contributed by atoms with E-state index in [-0.39, 0.29) is 5.69 Å². The zero-order valence-electron chi connectivity index (χ0n) is 11.4. The second-order valence-electron chi connectivity index (χ2n) is 5.26. The van der Waals surface area contributed by atoms with Gasteiger partial charge in [0.05, 0.1) is 17.2 Å². The van der Waals surface area contributed by atoms with E-state index in [4.69, 9.17) is 26.0 Å². The summed E-state index contributed by atoms with van der Waals surface area (Å²) in [4.78, 5) is 10.9. The monoisotopic (exact) mass is 307 g/mol. The predicted octanol–water partition coefficient (Wildman–Crippen LogP) is 3.79. The second-order valence-corrected chi connectivity index (χ2v) is 5.67. The van der Waals surface area contributed by atoms with Crippen LogP contribution in [0.5, 0.6) is 5.75 Å². The van der Waals surface area contributed by atoms with Crippen LogP contribution in [0.1, 0.15) is 28.9 Å². The number of benzene rings is 1. The number of aromatic carboxylic acids is 1. The largest absolute Gasteiger partial charge is 0.491 e. The van der Waals surface area contributed by atoms with E-state index in [1.807, 2.05) is 19.1 Å². The molecule has 0 atom stereocenters. The quantitative estimate of drug-likeness (QED) is 0.909. The summed E-state index contributed by atoms with van der Waals surface area (Å²) >= 11 is 6.25. The molecule has 1 aromatic heterocycles. The number of carboxylic acid groups (broad SMARTS) is 1. The Bertz CT molecular complexity index is 691. The number of nitrogens with zero attached hydrogens (tertiary/aromatic N) is 1. The highest BCUT2D eigenvalue weighted by Crippen LogP contribution is 2.39. The van der Waals surface area contributed by atoms with Crippen molar-refractivity contribution in [3.63, 3.8) is 0 Å². The molecule has 6 heteroatoms. The summed E-state index contributed by atoms with van der Waals surface area (Å²) in [6.45, 7) is 2.50. The number of ether oxygens (including phenoxy) is 1. The molecule has 0 saturated heterocycles. The van der Waals surface area contributed by atoms with E-state index in [9.17, 15) is 4.79 Å². The first-order valence-corrected chi connectivity index (χ1v) is 7.05. The fourth-order valence-corrected chi connectivity index (χ4v) is 2.38. The lowest BCUT2D eigenvalue weighted by Crippen LogP contribution is -2.01. The standard InChI is InChI=1S/C15H14ClNO4/c1-8-4-10(13-6-12(15(18)19)17-21-13)14(11(16)5-8)20-7-9-2-3-9/h4-6,9H,2-3,7H2,1H3,(H,18,19). The first-order chi connectivity index (χ1) is 10.0. The Morgan fingerprint density at radius 1 is 1.48 bits per heavy atom. The van der Waals surface area contributed by atoms with E-state index in [1.165, 1.54) is 18.9 Å². The molecule has 0 aliphatic heterocycles. The maximum absolute atomic E-state index is 10.9. The lowest BCUT2D eigenvalue weighted by atomic mass is 10.1. The fourth-order valence-electron chi connectivity index (χ4n) is 2.05. The summed E-state index contributed by atoms with van der Waals surface area (Å²) in [6.07, 6.45) is 2.34. The van der Waals surface area contributed by atoms with E-state index in [0.29, 0.717) is 34.6 Å². The summed E-state index contributed by atoms with van der Waals surface area (Å²) < 4.78 is 10.9. The topological polar surface area (TPSA) is 72.6 Å². The van der Waals surface area contributed by atoms with E-state index < -0.39 is 5.97 Å². The average Bonchev–Trinajstić information content (AvgIpc) is 3.11. The molecule has 1 aliphatic rings. The Morgan fingerprint density at radius 3 is 2.86 bits per heavy atom. The first-order valence-electron chi connectivity index (χ1n) is 6.68. The highest BCUT2D eigenvalue weighted by molar-refractivity contribution is 6.32. The van der Waals surface area contributed by atoms with Gasteiger partial charge in [0.25, 0.3) is 0 Å². The second kappa shape index (κ2) is 5.41. The fraction of sp³-hybridized carbons (Fsp3) is 0.333. The Balaban J connectivity index is 1.99. The van der Waals surface area contributed by atoms with Gasteiger partial charge in [-0.1, -0.05) is 16.8 Å². The molecule has 2 aromatic rings. The van der Waals surface area contributed by atoms with Gasteiger partial charge in [-0.3, -0.25) is 0 Å². The lowest BCUT2D eigenvalue weighted by molar-refractivity contribution is 0.0686. The van der Waals surface area contributed by atoms with Gasteiger partial charge in [0.15, 0.2) is 11.5 Å². The summed E-state index contributed by atoms with van der Waals surface area (Å²) in [7, 11) is 0. The van der Waals surface area contributed by atoms with E-state index in [2.05, 4.69) is 5.16 Å². The normalized spacial score (nSPS) is 14.2. The smallest absolute Gasteiger partial charge is 0.358 e. The van der Waals surface area contributed by atoms with Gasteiger partial charge in [-0.05, 0) is 43.4 Å². The van der Waals surface area contributed by atoms with Gasteiger partial charge in [0.1, 0.15) is 5.75 Å². The molecule has 0 amide bonds. The van der Waals surface area contributed by atoms with Crippen molar-refractivity contribution in [2.75, 3.05) is 6.61 Å². The van der Waals surface area contributed by atoms with E-state index in [0.717, 1.165) is 5.56 Å². The zero-order valence-corrected chi connectivity index (χ0v) is 12.2. The molecule has 1 aliphatic carbocycles. The third-order valence-corrected chi connectivity index (χ3v) is 3.62. The van der Waals surface area contributed by atoms with Gasteiger partial charge in [-0.2, -0.15) is 0 Å². The molecule has 5 nitrogen and oxygen atoms in total. The minimum Gasteiger partial charge on any atom is -0.491 e. The zero-order chi connectivity index (χ0) is 15.0. The van der Waals surface area contributed by atoms with Crippen molar-refractivity contribution >= 4 is 17.6 Å². The molecule has 110 valence electrons. The van der Waals surface area contributed by atoms with Crippen LogP contribution in [-0.4, -0.2) is 22.8 Å². The number of rotatable bonds is 5. The van der Waals surface area contributed by atoms with Gasteiger partial charge >= 0.3 is 5.97 Å². The molecular formula is C15H14ClNO4. The molecule has 1 aromatic carbocycles. The van der Waals surface area contributed by atoms with Gasteiger partial charge in [-0.25, -0.2) is 4.79 Å². The summed E-state index contributed by atoms with van der Waals surface area (Å²) in [6, 6.07) is 5.03. The molecule has 1 heterocycles. The number of carbonyl (C=O) groups is 1. The average molecular weight is 308 g/mol. The Labute approximate surface area is 126 Å². The highest BCUT2D eigenvalue weighted by Gasteiger charge is 2.24. The number of hydrogen-bond acceptors (Lipinski definition) is 4. The maximum Gasteiger partial charge on any atom is 0.358 e. The van der Waals surface area contributed by atoms with E-state index >= 15 is 0 Å². The van der Waals surface area contributed by atoms with Gasteiger partial charge in [-0.15, -0.1) is 0 Å². The first kappa shape index (κ1) is 13.9. The molecular weight excluding hydrogens is 294 g/mol. The van der Waals surface area contributed by atoms with Gasteiger partial charge < -0.3 is 14.4 Å². The Hall–Kier alpha value is -2.01. The molecule has 0 bridgehead atoms. The van der Waals surface area contributed by atoms with Crippen LogP contribution >= 0.6 is 11.6 Å². The molecule has 1 N–H and O–H groups in total. The summed E-state index contributed by atoms with van der Waals surface area (Å²) in [5, 5.41) is 12.9. The number of hydrogen-bond donors (Lipinski definition) is 1. The molecule has 0 radical (unpaired) electrons. The Kier molecular flexibility index (Phi) is 3.59. The number of aromatic nitrogens is 1. The Morgan fingerprint density at radius 2 is 2.24 bits per heavy atom. The molecule has 1 fully saturated rings. The van der Waals surface area contributed by atoms with Crippen LogP contribution < -0.4 is 4.74 Å².